The third kappa shape index (κ3) is 4.03. The Balaban J connectivity index is 2.10. The maximum Gasteiger partial charge on any atom is 0.255 e. The summed E-state index contributed by atoms with van der Waals surface area (Å²) in [5.74, 6) is -0.152. The van der Waals surface area contributed by atoms with Gasteiger partial charge in [0.15, 0.2) is 0 Å². The molecule has 3 N–H and O–H groups in total. The number of aryl methyl sites for hydroxylation is 1. The summed E-state index contributed by atoms with van der Waals surface area (Å²) in [7, 11) is 0. The second-order valence-corrected chi connectivity index (χ2v) is 4.58. The number of carbonyl (C=O) groups excluding carboxylic acids is 1. The Morgan fingerprint density at radius 1 is 1.29 bits per heavy atom. The summed E-state index contributed by atoms with van der Waals surface area (Å²) < 4.78 is 18.9. The van der Waals surface area contributed by atoms with Crippen molar-refractivity contribution in [3.8, 4) is 5.75 Å². The van der Waals surface area contributed by atoms with Crippen molar-refractivity contribution in [2.24, 2.45) is 5.73 Å². The molecule has 0 aliphatic carbocycles. The summed E-state index contributed by atoms with van der Waals surface area (Å²) in [6.45, 7) is 2.47. The third-order valence-corrected chi connectivity index (χ3v) is 2.91. The van der Waals surface area contributed by atoms with Crippen LogP contribution in [0.5, 0.6) is 5.75 Å². The SMILES string of the molecule is Cc1ccc(C(=O)Nc2cccc(OCCN)c2)cc1F. The summed E-state index contributed by atoms with van der Waals surface area (Å²) in [6, 6.07) is 11.3. The molecular weight excluding hydrogens is 271 g/mol. The van der Waals surface area contributed by atoms with Crippen LogP contribution in [-0.2, 0) is 0 Å². The van der Waals surface area contributed by atoms with E-state index in [4.69, 9.17) is 10.5 Å². The van der Waals surface area contributed by atoms with E-state index in [9.17, 15) is 9.18 Å². The second kappa shape index (κ2) is 6.85. The summed E-state index contributed by atoms with van der Waals surface area (Å²) in [5.41, 5.74) is 6.72. The number of amides is 1. The van der Waals surface area contributed by atoms with Crippen LogP contribution in [0.1, 0.15) is 15.9 Å². The van der Waals surface area contributed by atoms with Gasteiger partial charge in [0.25, 0.3) is 5.91 Å². The molecule has 110 valence electrons. The van der Waals surface area contributed by atoms with Gasteiger partial charge in [-0.2, -0.15) is 0 Å². The molecule has 0 bridgehead atoms. The van der Waals surface area contributed by atoms with Crippen molar-refractivity contribution in [3.63, 3.8) is 0 Å². The molecule has 0 unspecified atom stereocenters. The molecule has 0 radical (unpaired) electrons. The van der Waals surface area contributed by atoms with Crippen LogP contribution < -0.4 is 15.8 Å². The number of halogens is 1. The fraction of sp³-hybridized carbons (Fsp3) is 0.188. The van der Waals surface area contributed by atoms with Gasteiger partial charge in [-0.1, -0.05) is 12.1 Å². The van der Waals surface area contributed by atoms with E-state index in [2.05, 4.69) is 5.32 Å². The number of anilines is 1. The van der Waals surface area contributed by atoms with Gasteiger partial charge >= 0.3 is 0 Å². The number of hydrogen-bond acceptors (Lipinski definition) is 3. The van der Waals surface area contributed by atoms with E-state index >= 15 is 0 Å². The highest BCUT2D eigenvalue weighted by Gasteiger charge is 2.09. The van der Waals surface area contributed by atoms with Gasteiger partial charge in [0, 0.05) is 23.9 Å². The van der Waals surface area contributed by atoms with Gasteiger partial charge in [-0.05, 0) is 36.8 Å². The Bertz CT molecular complexity index is 644. The Labute approximate surface area is 122 Å². The van der Waals surface area contributed by atoms with Gasteiger partial charge in [0.1, 0.15) is 18.2 Å². The van der Waals surface area contributed by atoms with Crippen molar-refractivity contribution in [1.29, 1.82) is 0 Å². The molecule has 0 saturated heterocycles. The first-order chi connectivity index (χ1) is 10.1. The average Bonchev–Trinajstić information content (AvgIpc) is 2.48. The zero-order valence-corrected chi connectivity index (χ0v) is 11.7. The van der Waals surface area contributed by atoms with E-state index < -0.39 is 5.82 Å². The lowest BCUT2D eigenvalue weighted by atomic mass is 10.1. The molecule has 0 aromatic heterocycles. The van der Waals surface area contributed by atoms with Gasteiger partial charge in [-0.25, -0.2) is 4.39 Å². The van der Waals surface area contributed by atoms with E-state index in [1.807, 2.05) is 0 Å². The van der Waals surface area contributed by atoms with Gasteiger partial charge < -0.3 is 15.8 Å². The quantitative estimate of drug-likeness (QED) is 0.889. The van der Waals surface area contributed by atoms with E-state index in [1.165, 1.54) is 6.07 Å². The molecule has 2 aromatic rings. The highest BCUT2D eigenvalue weighted by molar-refractivity contribution is 6.04. The van der Waals surface area contributed by atoms with Gasteiger partial charge in [0.2, 0.25) is 0 Å². The maximum atomic E-state index is 13.5. The average molecular weight is 288 g/mol. The Morgan fingerprint density at radius 2 is 2.10 bits per heavy atom. The molecule has 0 heterocycles. The maximum absolute atomic E-state index is 13.5. The molecule has 1 amide bonds. The van der Waals surface area contributed by atoms with Crippen LogP contribution in [-0.4, -0.2) is 19.1 Å². The zero-order chi connectivity index (χ0) is 15.2. The lowest BCUT2D eigenvalue weighted by Crippen LogP contribution is -2.13. The van der Waals surface area contributed by atoms with Crippen LogP contribution in [0.2, 0.25) is 0 Å². The third-order valence-electron chi connectivity index (χ3n) is 2.91. The zero-order valence-electron chi connectivity index (χ0n) is 11.7. The van der Waals surface area contributed by atoms with Crippen molar-refractivity contribution in [1.82, 2.24) is 0 Å². The summed E-state index contributed by atoms with van der Waals surface area (Å²) in [6.07, 6.45) is 0. The van der Waals surface area contributed by atoms with E-state index in [0.717, 1.165) is 0 Å². The number of carbonyl (C=O) groups is 1. The number of nitrogens with one attached hydrogen (secondary N) is 1. The molecule has 5 heteroatoms. The Kier molecular flexibility index (Phi) is 4.90. The van der Waals surface area contributed by atoms with Crippen LogP contribution in [0.3, 0.4) is 0 Å². The minimum atomic E-state index is -0.400. The Hall–Kier alpha value is -2.40. The first kappa shape index (κ1) is 15.0. The van der Waals surface area contributed by atoms with Crippen molar-refractivity contribution in [3.05, 3.63) is 59.4 Å². The van der Waals surface area contributed by atoms with E-state index in [-0.39, 0.29) is 11.5 Å². The predicted octanol–water partition coefficient (Wildman–Crippen LogP) is 2.72. The van der Waals surface area contributed by atoms with E-state index in [1.54, 1.807) is 43.3 Å². The summed E-state index contributed by atoms with van der Waals surface area (Å²) in [5, 5.41) is 2.70. The lowest BCUT2D eigenvalue weighted by Gasteiger charge is -2.09. The number of nitrogens with two attached hydrogens (primary N) is 1. The monoisotopic (exact) mass is 288 g/mol. The van der Waals surface area contributed by atoms with Crippen molar-refractivity contribution in [2.45, 2.75) is 6.92 Å². The highest BCUT2D eigenvalue weighted by atomic mass is 19.1. The Morgan fingerprint density at radius 3 is 2.81 bits per heavy atom. The fourth-order valence-corrected chi connectivity index (χ4v) is 1.78. The second-order valence-electron chi connectivity index (χ2n) is 4.58. The molecule has 21 heavy (non-hydrogen) atoms. The molecular formula is C16H17FN2O2. The normalized spacial score (nSPS) is 10.2. The van der Waals surface area contributed by atoms with Gasteiger partial charge in [-0.3, -0.25) is 4.79 Å². The van der Waals surface area contributed by atoms with Crippen LogP contribution in [0.15, 0.2) is 42.5 Å². The number of ether oxygens (including phenoxy) is 1. The molecule has 4 nitrogen and oxygen atoms in total. The van der Waals surface area contributed by atoms with Gasteiger partial charge in [-0.15, -0.1) is 0 Å². The van der Waals surface area contributed by atoms with E-state index in [0.29, 0.717) is 30.2 Å². The lowest BCUT2D eigenvalue weighted by molar-refractivity contribution is 0.102. The first-order valence-electron chi connectivity index (χ1n) is 6.60. The molecule has 0 fully saturated rings. The minimum Gasteiger partial charge on any atom is -0.492 e. The van der Waals surface area contributed by atoms with Crippen LogP contribution in [0.25, 0.3) is 0 Å². The van der Waals surface area contributed by atoms with Crippen molar-refractivity contribution in [2.75, 3.05) is 18.5 Å². The molecule has 0 saturated carbocycles. The minimum absolute atomic E-state index is 0.270. The molecule has 2 aromatic carbocycles. The molecule has 0 spiro atoms. The molecule has 2 rings (SSSR count). The molecule has 0 aliphatic rings. The summed E-state index contributed by atoms with van der Waals surface area (Å²) >= 11 is 0. The standard InChI is InChI=1S/C16H17FN2O2/c1-11-5-6-12(9-15(11)17)16(20)19-13-3-2-4-14(10-13)21-8-7-18/h2-6,9-10H,7-8,18H2,1H3,(H,19,20). The van der Waals surface area contributed by atoms with Crippen molar-refractivity contribution < 1.29 is 13.9 Å². The fourth-order valence-electron chi connectivity index (χ4n) is 1.78. The van der Waals surface area contributed by atoms with Crippen molar-refractivity contribution >= 4 is 11.6 Å². The smallest absolute Gasteiger partial charge is 0.255 e. The first-order valence-corrected chi connectivity index (χ1v) is 6.60. The largest absolute Gasteiger partial charge is 0.492 e. The number of benzene rings is 2. The van der Waals surface area contributed by atoms with Crippen LogP contribution in [0.4, 0.5) is 10.1 Å². The molecule has 0 atom stereocenters. The summed E-state index contributed by atoms with van der Waals surface area (Å²) in [4.78, 5) is 12.1. The molecule has 0 aliphatic heterocycles. The van der Waals surface area contributed by atoms with Crippen LogP contribution >= 0.6 is 0 Å². The number of rotatable bonds is 5. The highest BCUT2D eigenvalue weighted by Crippen LogP contribution is 2.18. The predicted molar refractivity (Wildman–Crippen MR) is 80.1 cm³/mol. The number of hydrogen-bond donors (Lipinski definition) is 2. The topological polar surface area (TPSA) is 64.3 Å². The van der Waals surface area contributed by atoms with Crippen LogP contribution in [0, 0.1) is 12.7 Å². The van der Waals surface area contributed by atoms with Gasteiger partial charge in [0.05, 0.1) is 0 Å².